The number of aromatic amines is 1. The number of H-pyrrole nitrogens is 1. The van der Waals surface area contributed by atoms with Crippen molar-refractivity contribution in [1.82, 2.24) is 20.9 Å². The van der Waals surface area contributed by atoms with Crippen LogP contribution in [0.4, 0.5) is 0 Å². The van der Waals surface area contributed by atoms with Crippen LogP contribution in [-0.4, -0.2) is 88.4 Å². The molecule has 0 bridgehead atoms. The molecular weight excluding hydrogens is 566 g/mol. The third-order valence-electron chi connectivity index (χ3n) is 6.29. The van der Waals surface area contributed by atoms with E-state index in [2.05, 4.69) is 25.9 Å². The minimum Gasteiger partial charge on any atom is -0.480 e. The summed E-state index contributed by atoms with van der Waals surface area (Å²) >= 11 is 1.43. The van der Waals surface area contributed by atoms with Crippen LogP contribution in [0.25, 0.3) is 10.9 Å². The van der Waals surface area contributed by atoms with Crippen molar-refractivity contribution in [2.24, 2.45) is 27.9 Å². The van der Waals surface area contributed by atoms with Gasteiger partial charge in [0.25, 0.3) is 0 Å². The fourth-order valence-corrected chi connectivity index (χ4v) is 4.60. The topological polar surface area (TPSA) is 274 Å². The highest BCUT2D eigenvalue weighted by atomic mass is 32.2. The number of carboxylic acid groups (broad SMARTS) is 1. The molecule has 1 aromatic heterocycles. The average Bonchev–Trinajstić information content (AvgIpc) is 3.34. The van der Waals surface area contributed by atoms with Crippen molar-refractivity contribution in [2.45, 2.75) is 56.3 Å². The van der Waals surface area contributed by atoms with E-state index >= 15 is 0 Å². The molecule has 230 valence electrons. The van der Waals surface area contributed by atoms with Crippen molar-refractivity contribution < 1.29 is 29.1 Å². The number of amides is 4. The number of aromatic nitrogens is 1. The number of para-hydroxylation sites is 1. The fraction of sp³-hybridized carbons (Fsp3) is 0.462. The van der Waals surface area contributed by atoms with E-state index in [1.165, 1.54) is 11.8 Å². The van der Waals surface area contributed by atoms with E-state index in [9.17, 15) is 29.1 Å². The highest BCUT2D eigenvalue weighted by molar-refractivity contribution is 7.98. The van der Waals surface area contributed by atoms with Gasteiger partial charge >= 0.3 is 5.97 Å². The predicted molar refractivity (Wildman–Crippen MR) is 160 cm³/mol. The van der Waals surface area contributed by atoms with Crippen LogP contribution in [0.15, 0.2) is 35.5 Å². The predicted octanol–water partition coefficient (Wildman–Crippen LogP) is -1.74. The van der Waals surface area contributed by atoms with E-state index in [1.54, 1.807) is 6.20 Å². The number of aliphatic imine (C=N–C) groups is 1. The summed E-state index contributed by atoms with van der Waals surface area (Å²) in [7, 11) is 0. The molecule has 13 N–H and O–H groups in total. The number of carboxylic acids is 1. The van der Waals surface area contributed by atoms with Gasteiger partial charge in [-0.05, 0) is 42.9 Å². The van der Waals surface area contributed by atoms with Crippen LogP contribution in [0.5, 0.6) is 0 Å². The third kappa shape index (κ3) is 10.9. The maximum Gasteiger partial charge on any atom is 0.326 e. The number of nitrogens with zero attached hydrogens (tertiary/aromatic N) is 1. The summed E-state index contributed by atoms with van der Waals surface area (Å²) in [5.41, 5.74) is 23.1. The lowest BCUT2D eigenvalue weighted by Gasteiger charge is -2.25. The number of fused-ring (bicyclic) bond motifs is 1. The van der Waals surface area contributed by atoms with Gasteiger partial charge in [-0.3, -0.25) is 24.2 Å². The van der Waals surface area contributed by atoms with Gasteiger partial charge in [0.05, 0.1) is 12.5 Å². The van der Waals surface area contributed by atoms with Crippen LogP contribution in [-0.2, 0) is 30.4 Å². The Morgan fingerprint density at radius 3 is 2.24 bits per heavy atom. The van der Waals surface area contributed by atoms with Crippen LogP contribution >= 0.6 is 11.8 Å². The average molecular weight is 606 g/mol. The van der Waals surface area contributed by atoms with Gasteiger partial charge in [0, 0.05) is 30.1 Å². The summed E-state index contributed by atoms with van der Waals surface area (Å²) in [6, 6.07) is 2.56. The number of benzene rings is 1. The number of primary amides is 1. The Bertz CT molecular complexity index is 1280. The van der Waals surface area contributed by atoms with Gasteiger partial charge in [0.15, 0.2) is 5.96 Å². The summed E-state index contributed by atoms with van der Waals surface area (Å²) < 4.78 is 0. The minimum absolute atomic E-state index is 0.0320. The number of carbonyl (C=O) groups is 5. The molecule has 0 saturated heterocycles. The summed E-state index contributed by atoms with van der Waals surface area (Å²) in [4.78, 5) is 69.5. The van der Waals surface area contributed by atoms with Crippen molar-refractivity contribution in [3.63, 3.8) is 0 Å². The Hall–Kier alpha value is -4.31. The van der Waals surface area contributed by atoms with Crippen molar-refractivity contribution in [3.05, 3.63) is 36.0 Å². The van der Waals surface area contributed by atoms with Crippen molar-refractivity contribution in [1.29, 1.82) is 0 Å². The van der Waals surface area contributed by atoms with E-state index in [1.807, 2.05) is 30.5 Å². The number of hydrogen-bond acceptors (Lipinski definition) is 8. The molecule has 42 heavy (non-hydrogen) atoms. The molecule has 0 radical (unpaired) electrons. The first kappa shape index (κ1) is 33.9. The molecule has 0 fully saturated rings. The van der Waals surface area contributed by atoms with Crippen molar-refractivity contribution in [2.75, 3.05) is 18.6 Å². The zero-order valence-corrected chi connectivity index (χ0v) is 24.1. The highest BCUT2D eigenvalue weighted by Crippen LogP contribution is 2.19. The van der Waals surface area contributed by atoms with Gasteiger partial charge < -0.3 is 49.0 Å². The Labute approximate surface area is 247 Å². The number of guanidine groups is 1. The smallest absolute Gasteiger partial charge is 0.326 e. The molecule has 1 aromatic carbocycles. The highest BCUT2D eigenvalue weighted by Gasteiger charge is 2.31. The molecule has 2 rings (SSSR count). The monoisotopic (exact) mass is 605 g/mol. The number of thioether (sulfide) groups is 1. The molecule has 1 heterocycles. The van der Waals surface area contributed by atoms with Crippen LogP contribution in [0.2, 0.25) is 0 Å². The van der Waals surface area contributed by atoms with Crippen LogP contribution in [0.3, 0.4) is 0 Å². The number of nitrogens with one attached hydrogen (secondary N) is 4. The number of nitrogens with two attached hydrogens (primary N) is 4. The largest absolute Gasteiger partial charge is 0.480 e. The van der Waals surface area contributed by atoms with Crippen LogP contribution in [0.1, 0.15) is 31.2 Å². The Balaban J connectivity index is 2.25. The number of carbonyl (C=O) groups excluding carboxylic acids is 4. The molecule has 0 saturated carbocycles. The summed E-state index contributed by atoms with van der Waals surface area (Å²) in [6.45, 7) is 0.182. The summed E-state index contributed by atoms with van der Waals surface area (Å²) in [5, 5.41) is 18.1. The van der Waals surface area contributed by atoms with Gasteiger partial charge in [-0.25, -0.2) is 4.79 Å². The second-order valence-electron chi connectivity index (χ2n) is 9.59. The quantitative estimate of drug-likeness (QED) is 0.0525. The van der Waals surface area contributed by atoms with Crippen LogP contribution in [0, 0.1) is 0 Å². The number of hydrogen-bond donors (Lipinski definition) is 9. The lowest BCUT2D eigenvalue weighted by atomic mass is 10.0. The van der Waals surface area contributed by atoms with E-state index in [4.69, 9.17) is 22.9 Å². The Kier molecular flexibility index (Phi) is 13.6. The molecule has 0 aliphatic carbocycles. The zero-order valence-electron chi connectivity index (χ0n) is 23.3. The van der Waals surface area contributed by atoms with Gasteiger partial charge in [0.1, 0.15) is 18.1 Å². The van der Waals surface area contributed by atoms with Gasteiger partial charge in [-0.1, -0.05) is 18.2 Å². The molecule has 4 unspecified atom stereocenters. The second kappa shape index (κ2) is 16.8. The second-order valence-corrected chi connectivity index (χ2v) is 10.6. The molecular formula is C26H39N9O6S. The van der Waals surface area contributed by atoms with Gasteiger partial charge in [-0.15, -0.1) is 0 Å². The first-order chi connectivity index (χ1) is 19.9. The van der Waals surface area contributed by atoms with Gasteiger partial charge in [-0.2, -0.15) is 11.8 Å². The first-order valence-electron chi connectivity index (χ1n) is 13.2. The fourth-order valence-electron chi connectivity index (χ4n) is 4.13. The normalized spacial score (nSPS) is 13.8. The maximum absolute atomic E-state index is 13.5. The zero-order chi connectivity index (χ0) is 31.2. The summed E-state index contributed by atoms with van der Waals surface area (Å²) in [6.07, 6.45) is 3.67. The molecule has 16 heteroatoms. The van der Waals surface area contributed by atoms with E-state index in [-0.39, 0.29) is 31.8 Å². The molecule has 0 spiro atoms. The Morgan fingerprint density at radius 1 is 0.952 bits per heavy atom. The lowest BCUT2D eigenvalue weighted by Crippen LogP contribution is -2.58. The Morgan fingerprint density at radius 2 is 1.60 bits per heavy atom. The third-order valence-corrected chi connectivity index (χ3v) is 6.94. The van der Waals surface area contributed by atoms with E-state index in [0.717, 1.165) is 10.9 Å². The van der Waals surface area contributed by atoms with E-state index in [0.29, 0.717) is 17.7 Å². The standard InChI is InChI=1S/C26H39N9O6S/c1-42-10-8-18(23(38)34-19(25(40)41)7-4-9-31-26(29)30)33-24(39)20(35-22(37)16(27)12-21(28)36)11-14-13-32-17-6-3-2-5-15(14)17/h2-3,5-6,13,16,18-20,32H,4,7-12,27H2,1H3,(H2,28,36)(H,33,39)(H,34,38)(H,35,37)(H,40,41)(H4,29,30,31). The van der Waals surface area contributed by atoms with Crippen molar-refractivity contribution >= 4 is 58.2 Å². The first-order valence-corrected chi connectivity index (χ1v) is 14.6. The molecule has 4 atom stereocenters. The molecule has 15 nitrogen and oxygen atoms in total. The maximum atomic E-state index is 13.5. The van der Waals surface area contributed by atoms with Gasteiger partial charge in [0.2, 0.25) is 23.6 Å². The molecule has 2 aromatic rings. The lowest BCUT2D eigenvalue weighted by molar-refractivity contribution is -0.142. The molecule has 0 aliphatic heterocycles. The number of aliphatic carboxylic acids is 1. The van der Waals surface area contributed by atoms with Crippen molar-refractivity contribution in [3.8, 4) is 0 Å². The molecule has 4 amide bonds. The summed E-state index contributed by atoms with van der Waals surface area (Å²) in [5.74, 6) is -3.86. The molecule has 0 aliphatic rings. The van der Waals surface area contributed by atoms with Crippen LogP contribution < -0.4 is 38.9 Å². The number of rotatable bonds is 18. The van der Waals surface area contributed by atoms with E-state index < -0.39 is 60.2 Å². The minimum atomic E-state index is -1.29. The SMILES string of the molecule is CSCCC(NC(=O)C(Cc1c[nH]c2ccccc12)NC(=O)C(N)CC(N)=O)C(=O)NC(CCCN=C(N)N)C(=O)O.